The maximum absolute atomic E-state index is 10.3. The van der Waals surface area contributed by atoms with E-state index >= 15 is 0 Å². The zero-order valence-electron chi connectivity index (χ0n) is 27.8. The van der Waals surface area contributed by atoms with Crippen molar-refractivity contribution in [2.75, 3.05) is 72.6 Å². The van der Waals surface area contributed by atoms with Crippen LogP contribution in [0.15, 0.2) is 0 Å². The van der Waals surface area contributed by atoms with Gasteiger partial charge in [0.05, 0.1) is 72.2 Å². The zero-order chi connectivity index (χ0) is 30.6. The van der Waals surface area contributed by atoms with E-state index in [1.54, 1.807) is 0 Å². The molecule has 0 spiro atoms. The summed E-state index contributed by atoms with van der Waals surface area (Å²) in [5.41, 5.74) is 0. The number of rotatable bonds is 37. The summed E-state index contributed by atoms with van der Waals surface area (Å²) >= 11 is 0. The monoisotopic (exact) mass is 606 g/mol. The molecule has 3 N–H and O–H groups in total. The summed E-state index contributed by atoms with van der Waals surface area (Å²) in [7, 11) is 0. The first kappa shape index (κ1) is 41.7. The summed E-state index contributed by atoms with van der Waals surface area (Å²) in [5, 5.41) is 22.5. The third-order valence-electron chi connectivity index (χ3n) is 7.40. The van der Waals surface area contributed by atoms with Crippen molar-refractivity contribution in [2.45, 2.75) is 148 Å². The van der Waals surface area contributed by atoms with E-state index in [2.05, 4.69) is 19.2 Å². The first-order chi connectivity index (χ1) is 20.7. The fourth-order valence-electron chi connectivity index (χ4n) is 4.78. The molecule has 0 amide bonds. The molecule has 2 atom stereocenters. The van der Waals surface area contributed by atoms with Gasteiger partial charge in [-0.25, -0.2) is 0 Å². The molecular weight excluding hydrogens is 534 g/mol. The first-order valence-corrected chi connectivity index (χ1v) is 17.7. The summed E-state index contributed by atoms with van der Waals surface area (Å²) in [6, 6.07) is 0. The highest BCUT2D eigenvalue weighted by Gasteiger charge is 2.12. The molecule has 8 nitrogen and oxygen atoms in total. The van der Waals surface area contributed by atoms with Crippen LogP contribution in [-0.4, -0.2) is 95.2 Å². The van der Waals surface area contributed by atoms with E-state index in [4.69, 9.17) is 28.8 Å². The lowest BCUT2D eigenvalue weighted by Gasteiger charge is -2.21. The molecule has 0 bridgehead atoms. The second-order valence-corrected chi connectivity index (χ2v) is 11.5. The van der Waals surface area contributed by atoms with Crippen molar-refractivity contribution in [1.29, 1.82) is 0 Å². The molecule has 0 aromatic carbocycles. The Bertz CT molecular complexity index is 487. The Hall–Kier alpha value is -0.320. The quantitative estimate of drug-likeness (QED) is 0.0526. The van der Waals surface area contributed by atoms with Crippen molar-refractivity contribution >= 4 is 0 Å². The summed E-state index contributed by atoms with van der Waals surface area (Å²) in [5.74, 6) is 0. The Morgan fingerprint density at radius 3 is 1.43 bits per heavy atom. The Kier molecular flexibility index (Phi) is 36.6. The Morgan fingerprint density at radius 2 is 0.929 bits per heavy atom. The van der Waals surface area contributed by atoms with Gasteiger partial charge < -0.3 is 33.9 Å². The largest absolute Gasteiger partial charge is 0.394 e. The van der Waals surface area contributed by atoms with Crippen LogP contribution in [0.25, 0.3) is 0 Å². The minimum absolute atomic E-state index is 0.0314. The number of aliphatic hydroxyl groups is 2. The van der Waals surface area contributed by atoms with Gasteiger partial charge in [0.1, 0.15) is 6.23 Å². The van der Waals surface area contributed by atoms with Gasteiger partial charge in [-0.15, -0.1) is 0 Å². The molecular formula is C34H71NO7. The third-order valence-corrected chi connectivity index (χ3v) is 7.40. The molecule has 0 aliphatic carbocycles. The summed E-state index contributed by atoms with van der Waals surface area (Å²) in [6.45, 7) is 9.48. The molecule has 0 aromatic heterocycles. The minimum atomic E-state index is -0.426. The lowest BCUT2D eigenvalue weighted by molar-refractivity contribution is -0.0725. The van der Waals surface area contributed by atoms with Gasteiger partial charge in [-0.2, -0.15) is 0 Å². The SMILES string of the molecule is CCCCCCCCCCCCCCCCNC(COCCOCCOCCOCCO)OCC(O)CCCCCC. The van der Waals surface area contributed by atoms with Gasteiger partial charge in [0.15, 0.2) is 0 Å². The van der Waals surface area contributed by atoms with Crippen LogP contribution in [0.4, 0.5) is 0 Å². The molecule has 0 fully saturated rings. The van der Waals surface area contributed by atoms with Crippen molar-refractivity contribution in [2.24, 2.45) is 0 Å². The molecule has 0 saturated carbocycles. The van der Waals surface area contributed by atoms with Gasteiger partial charge in [0.25, 0.3) is 0 Å². The van der Waals surface area contributed by atoms with Crippen LogP contribution in [0.5, 0.6) is 0 Å². The van der Waals surface area contributed by atoms with E-state index in [-0.39, 0.29) is 12.8 Å². The number of hydrogen-bond donors (Lipinski definition) is 3. The standard InChI is InChI=1S/C34H71NO7/c1-3-5-7-9-10-11-12-13-14-15-16-17-18-20-22-35-34(42-31-33(37)21-19-8-6-4-2)32-41-30-29-40-28-27-39-26-25-38-24-23-36/h33-37H,3-32H2,1-2H3. The van der Waals surface area contributed by atoms with Crippen LogP contribution in [0.2, 0.25) is 0 Å². The van der Waals surface area contributed by atoms with E-state index < -0.39 is 6.10 Å². The van der Waals surface area contributed by atoms with Crippen LogP contribution < -0.4 is 5.32 Å². The van der Waals surface area contributed by atoms with Crippen molar-refractivity contribution < 1.29 is 33.9 Å². The summed E-state index contributed by atoms with van der Waals surface area (Å²) < 4.78 is 27.9. The molecule has 0 saturated heterocycles. The number of ether oxygens (including phenoxy) is 5. The minimum Gasteiger partial charge on any atom is -0.394 e. The topological polar surface area (TPSA) is 98.6 Å². The van der Waals surface area contributed by atoms with Crippen molar-refractivity contribution in [3.8, 4) is 0 Å². The second-order valence-electron chi connectivity index (χ2n) is 11.5. The molecule has 0 radical (unpaired) electrons. The van der Waals surface area contributed by atoms with E-state index in [0.29, 0.717) is 59.5 Å². The summed E-state index contributed by atoms with van der Waals surface area (Å²) in [4.78, 5) is 0. The summed E-state index contributed by atoms with van der Waals surface area (Å²) in [6.07, 6.45) is 23.8. The van der Waals surface area contributed by atoms with Crippen LogP contribution in [0.3, 0.4) is 0 Å². The number of hydrogen-bond acceptors (Lipinski definition) is 8. The van der Waals surface area contributed by atoms with E-state index in [9.17, 15) is 5.11 Å². The van der Waals surface area contributed by atoms with Crippen molar-refractivity contribution in [3.63, 3.8) is 0 Å². The average Bonchev–Trinajstić information content (AvgIpc) is 3.00. The van der Waals surface area contributed by atoms with Crippen molar-refractivity contribution in [3.05, 3.63) is 0 Å². The van der Waals surface area contributed by atoms with Crippen molar-refractivity contribution in [1.82, 2.24) is 5.32 Å². The lowest BCUT2D eigenvalue weighted by Crippen LogP contribution is -2.39. The highest BCUT2D eigenvalue weighted by molar-refractivity contribution is 4.60. The van der Waals surface area contributed by atoms with Gasteiger partial charge in [-0.05, 0) is 19.4 Å². The molecule has 0 heterocycles. The Labute approximate surface area is 259 Å². The van der Waals surface area contributed by atoms with Crippen LogP contribution in [0, 0.1) is 0 Å². The van der Waals surface area contributed by atoms with Crippen LogP contribution in [-0.2, 0) is 23.7 Å². The van der Waals surface area contributed by atoms with Crippen LogP contribution >= 0.6 is 0 Å². The predicted octanol–water partition coefficient (Wildman–Crippen LogP) is 6.79. The molecule has 0 aliphatic heterocycles. The molecule has 254 valence electrons. The highest BCUT2D eigenvalue weighted by Crippen LogP contribution is 2.13. The number of nitrogens with one attached hydrogen (secondary N) is 1. The maximum atomic E-state index is 10.3. The molecule has 42 heavy (non-hydrogen) atoms. The smallest absolute Gasteiger partial charge is 0.131 e. The van der Waals surface area contributed by atoms with E-state index in [0.717, 1.165) is 25.8 Å². The Balaban J connectivity index is 3.90. The van der Waals surface area contributed by atoms with Gasteiger partial charge in [-0.1, -0.05) is 123 Å². The second kappa shape index (κ2) is 36.9. The third kappa shape index (κ3) is 34.2. The van der Waals surface area contributed by atoms with Gasteiger partial charge in [0.2, 0.25) is 0 Å². The predicted molar refractivity (Wildman–Crippen MR) is 173 cm³/mol. The van der Waals surface area contributed by atoms with E-state index in [1.165, 1.54) is 103 Å². The number of unbranched alkanes of at least 4 members (excludes halogenated alkanes) is 16. The fourth-order valence-corrected chi connectivity index (χ4v) is 4.78. The van der Waals surface area contributed by atoms with Gasteiger partial charge >= 0.3 is 0 Å². The van der Waals surface area contributed by atoms with Gasteiger partial charge in [0, 0.05) is 0 Å². The Morgan fingerprint density at radius 1 is 0.500 bits per heavy atom. The highest BCUT2D eigenvalue weighted by atomic mass is 16.6. The first-order valence-electron chi connectivity index (χ1n) is 17.7. The van der Waals surface area contributed by atoms with E-state index in [1.807, 2.05) is 0 Å². The molecule has 0 aliphatic rings. The maximum Gasteiger partial charge on any atom is 0.131 e. The van der Waals surface area contributed by atoms with Gasteiger partial charge in [-0.3, -0.25) is 5.32 Å². The number of aliphatic hydroxyl groups excluding tert-OH is 2. The van der Waals surface area contributed by atoms with Crippen LogP contribution in [0.1, 0.15) is 136 Å². The molecule has 8 heteroatoms. The normalized spacial score (nSPS) is 13.1. The average molecular weight is 606 g/mol. The fraction of sp³-hybridized carbons (Fsp3) is 1.00. The molecule has 2 unspecified atom stereocenters. The zero-order valence-corrected chi connectivity index (χ0v) is 27.8. The molecule has 0 rings (SSSR count). The molecule has 0 aromatic rings. The lowest BCUT2D eigenvalue weighted by atomic mass is 10.0.